The summed E-state index contributed by atoms with van der Waals surface area (Å²) in [5.74, 6) is -0.811. The highest BCUT2D eigenvalue weighted by Crippen LogP contribution is 2.32. The summed E-state index contributed by atoms with van der Waals surface area (Å²) >= 11 is 6.26. The van der Waals surface area contributed by atoms with Gasteiger partial charge in [-0.15, -0.1) is 0 Å². The van der Waals surface area contributed by atoms with E-state index in [1.54, 1.807) is 23.2 Å². The maximum atomic E-state index is 14.6. The number of aromatic nitrogens is 2. The van der Waals surface area contributed by atoms with Crippen LogP contribution in [0.3, 0.4) is 0 Å². The van der Waals surface area contributed by atoms with E-state index in [0.29, 0.717) is 23.8 Å². The number of amides is 1. The van der Waals surface area contributed by atoms with E-state index in [4.69, 9.17) is 11.6 Å². The average molecular weight is 358 g/mol. The van der Waals surface area contributed by atoms with Crippen molar-refractivity contribution in [3.05, 3.63) is 70.4 Å². The molecule has 1 saturated heterocycles. The van der Waals surface area contributed by atoms with E-state index in [1.807, 2.05) is 31.2 Å². The number of benzene rings is 1. The highest BCUT2D eigenvalue weighted by Gasteiger charge is 2.32. The van der Waals surface area contributed by atoms with Crippen molar-refractivity contribution in [2.24, 2.45) is 0 Å². The predicted molar refractivity (Wildman–Crippen MR) is 94.6 cm³/mol. The summed E-state index contributed by atoms with van der Waals surface area (Å²) < 4.78 is 15.9. The smallest absolute Gasteiger partial charge is 0.277 e. The molecule has 3 heterocycles. The maximum absolute atomic E-state index is 14.6. The third-order valence-corrected chi connectivity index (χ3v) is 5.09. The first-order valence-electron chi connectivity index (χ1n) is 8.22. The van der Waals surface area contributed by atoms with Crippen LogP contribution in [0.25, 0.3) is 5.65 Å². The molecule has 25 heavy (non-hydrogen) atoms. The van der Waals surface area contributed by atoms with Crippen LogP contribution in [-0.2, 0) is 0 Å². The Hall–Kier alpha value is -2.40. The van der Waals surface area contributed by atoms with Crippen LogP contribution >= 0.6 is 11.6 Å². The number of pyridine rings is 1. The Kier molecular flexibility index (Phi) is 3.96. The highest BCUT2D eigenvalue weighted by molar-refractivity contribution is 6.31. The van der Waals surface area contributed by atoms with Gasteiger partial charge in [-0.2, -0.15) is 4.39 Å². The van der Waals surface area contributed by atoms with Gasteiger partial charge in [0.1, 0.15) is 5.65 Å². The van der Waals surface area contributed by atoms with Crippen LogP contribution in [0.2, 0.25) is 5.02 Å². The predicted octanol–water partition coefficient (Wildman–Crippen LogP) is 4.06. The van der Waals surface area contributed by atoms with E-state index in [9.17, 15) is 9.18 Å². The second-order valence-electron chi connectivity index (χ2n) is 6.44. The normalized spacial score (nSPS) is 17.4. The maximum Gasteiger partial charge on any atom is 0.277 e. The van der Waals surface area contributed by atoms with Crippen LogP contribution in [0, 0.1) is 12.9 Å². The molecule has 1 fully saturated rings. The molecule has 0 aliphatic carbocycles. The number of hydrogen-bond acceptors (Lipinski definition) is 2. The number of rotatable bonds is 2. The Morgan fingerprint density at radius 3 is 2.92 bits per heavy atom. The Morgan fingerprint density at radius 2 is 2.12 bits per heavy atom. The van der Waals surface area contributed by atoms with E-state index in [1.165, 1.54) is 4.40 Å². The lowest BCUT2D eigenvalue weighted by Crippen LogP contribution is -2.29. The van der Waals surface area contributed by atoms with E-state index in [2.05, 4.69) is 4.98 Å². The van der Waals surface area contributed by atoms with E-state index in [0.717, 1.165) is 17.5 Å². The quantitative estimate of drug-likeness (QED) is 0.693. The summed E-state index contributed by atoms with van der Waals surface area (Å²) in [7, 11) is 0. The number of aryl methyl sites for hydroxylation is 1. The molecule has 4 rings (SSSR count). The molecule has 4 nitrogen and oxygen atoms in total. The fourth-order valence-corrected chi connectivity index (χ4v) is 3.70. The molecule has 1 unspecified atom stereocenters. The summed E-state index contributed by atoms with van der Waals surface area (Å²) in [5, 5.41) is 0.705. The van der Waals surface area contributed by atoms with E-state index in [-0.39, 0.29) is 17.5 Å². The molecule has 1 aliphatic rings. The second-order valence-corrected chi connectivity index (χ2v) is 6.85. The molecule has 1 amide bonds. The lowest BCUT2D eigenvalue weighted by Gasteiger charge is -2.16. The van der Waals surface area contributed by atoms with Crippen LogP contribution in [0.5, 0.6) is 0 Å². The average Bonchev–Trinajstić information content (AvgIpc) is 3.20. The molecule has 0 radical (unpaired) electrons. The fraction of sp³-hybridized carbons (Fsp3) is 0.263. The summed E-state index contributed by atoms with van der Waals surface area (Å²) in [6.07, 6.45) is 2.41. The van der Waals surface area contributed by atoms with Gasteiger partial charge in [-0.1, -0.05) is 29.8 Å². The van der Waals surface area contributed by atoms with Crippen LogP contribution in [0.1, 0.15) is 34.0 Å². The zero-order valence-electron chi connectivity index (χ0n) is 13.7. The number of imidazole rings is 1. The van der Waals surface area contributed by atoms with Gasteiger partial charge in [-0.05, 0) is 42.7 Å². The largest absolute Gasteiger partial charge is 0.337 e. The number of hydrogen-bond donors (Lipinski definition) is 0. The fourth-order valence-electron chi connectivity index (χ4n) is 3.41. The molecule has 2 aromatic heterocycles. The first kappa shape index (κ1) is 16.1. The van der Waals surface area contributed by atoms with Crippen molar-refractivity contribution in [3.8, 4) is 0 Å². The minimum Gasteiger partial charge on any atom is -0.337 e. The molecule has 1 atom stereocenters. The number of halogens is 2. The molecule has 1 aliphatic heterocycles. The third kappa shape index (κ3) is 2.78. The van der Waals surface area contributed by atoms with Gasteiger partial charge in [-0.3, -0.25) is 9.20 Å². The van der Waals surface area contributed by atoms with E-state index < -0.39 is 5.95 Å². The zero-order valence-corrected chi connectivity index (χ0v) is 14.5. The SMILES string of the molecule is Cc1ccn2c(F)c(C(=O)N3CCC(c4ccccc4Cl)C3)nc2c1. The van der Waals surface area contributed by atoms with Gasteiger partial charge in [0.25, 0.3) is 5.91 Å². The Morgan fingerprint density at radius 1 is 1.32 bits per heavy atom. The molecule has 0 spiro atoms. The standard InChI is InChI=1S/C19H17ClFN3O/c1-12-6-9-24-16(10-12)22-17(18(24)21)19(25)23-8-7-13(11-23)14-4-2-3-5-15(14)20/h2-6,9-10,13H,7-8,11H2,1H3. The summed E-state index contributed by atoms with van der Waals surface area (Å²) in [5.41, 5.74) is 2.33. The molecule has 0 N–H and O–H groups in total. The van der Waals surface area contributed by atoms with Gasteiger partial charge in [0.05, 0.1) is 0 Å². The van der Waals surface area contributed by atoms with Gasteiger partial charge in [0, 0.05) is 30.2 Å². The summed E-state index contributed by atoms with van der Waals surface area (Å²) in [4.78, 5) is 18.6. The van der Waals surface area contributed by atoms with E-state index >= 15 is 0 Å². The topological polar surface area (TPSA) is 37.6 Å². The number of carbonyl (C=O) groups excluding carboxylic acids is 1. The third-order valence-electron chi connectivity index (χ3n) is 4.75. The monoisotopic (exact) mass is 357 g/mol. The first-order valence-corrected chi connectivity index (χ1v) is 8.60. The summed E-state index contributed by atoms with van der Waals surface area (Å²) in [6.45, 7) is 3.00. The van der Waals surface area contributed by atoms with Gasteiger partial charge in [0.15, 0.2) is 5.69 Å². The first-order chi connectivity index (χ1) is 12.0. The van der Waals surface area contributed by atoms with Crippen LogP contribution in [0.15, 0.2) is 42.6 Å². The van der Waals surface area contributed by atoms with Crippen molar-refractivity contribution >= 4 is 23.2 Å². The molecule has 3 aromatic rings. The zero-order chi connectivity index (χ0) is 17.6. The minimum atomic E-state index is -0.610. The van der Waals surface area contributed by atoms with Crippen LogP contribution in [-0.4, -0.2) is 33.3 Å². The molecule has 0 bridgehead atoms. The Bertz CT molecular complexity index is 968. The van der Waals surface area contributed by atoms with Gasteiger partial charge >= 0.3 is 0 Å². The van der Waals surface area contributed by atoms with Crippen LogP contribution in [0.4, 0.5) is 4.39 Å². The highest BCUT2D eigenvalue weighted by atomic mass is 35.5. The number of nitrogens with zero attached hydrogens (tertiary/aromatic N) is 3. The molecule has 6 heteroatoms. The molecular weight excluding hydrogens is 341 g/mol. The van der Waals surface area contributed by atoms with Gasteiger partial charge in [-0.25, -0.2) is 4.98 Å². The molecule has 1 aromatic carbocycles. The second kappa shape index (κ2) is 6.15. The van der Waals surface area contributed by atoms with Crippen molar-refractivity contribution in [1.82, 2.24) is 14.3 Å². The summed E-state index contributed by atoms with van der Waals surface area (Å²) in [6, 6.07) is 11.2. The lowest BCUT2D eigenvalue weighted by molar-refractivity contribution is 0.0780. The molecule has 0 saturated carbocycles. The van der Waals surface area contributed by atoms with Crippen molar-refractivity contribution in [2.45, 2.75) is 19.3 Å². The van der Waals surface area contributed by atoms with Crippen LogP contribution < -0.4 is 0 Å². The number of carbonyl (C=O) groups is 1. The molecular formula is C19H17ClFN3O. The number of fused-ring (bicyclic) bond motifs is 1. The Balaban J connectivity index is 1.60. The van der Waals surface area contributed by atoms with Crippen molar-refractivity contribution in [2.75, 3.05) is 13.1 Å². The van der Waals surface area contributed by atoms with Gasteiger partial charge in [0.2, 0.25) is 5.95 Å². The number of likely N-dealkylation sites (tertiary alicyclic amines) is 1. The molecule has 128 valence electrons. The van der Waals surface area contributed by atoms with Crippen molar-refractivity contribution in [1.29, 1.82) is 0 Å². The van der Waals surface area contributed by atoms with Crippen molar-refractivity contribution < 1.29 is 9.18 Å². The van der Waals surface area contributed by atoms with Crippen molar-refractivity contribution in [3.63, 3.8) is 0 Å². The van der Waals surface area contributed by atoms with Gasteiger partial charge < -0.3 is 4.90 Å². The lowest BCUT2D eigenvalue weighted by atomic mass is 9.98. The minimum absolute atomic E-state index is 0.120. The Labute approximate surface area is 149 Å².